The fourth-order valence-corrected chi connectivity index (χ4v) is 3.45. The normalized spacial score (nSPS) is 16.7. The van der Waals surface area contributed by atoms with Crippen LogP contribution < -0.4 is 10.2 Å². The molecule has 1 aromatic heterocycles. The zero-order chi connectivity index (χ0) is 16.3. The maximum absolute atomic E-state index is 12.8. The van der Waals surface area contributed by atoms with Crippen molar-refractivity contribution in [2.24, 2.45) is 0 Å². The van der Waals surface area contributed by atoms with Crippen LogP contribution in [0.2, 0.25) is 0 Å². The zero-order valence-electron chi connectivity index (χ0n) is 13.4. The van der Waals surface area contributed by atoms with Gasteiger partial charge in [-0.05, 0) is 51.3 Å². The number of benzene rings is 1. The molecule has 5 heteroatoms. The number of ether oxygens (including phenoxy) is 1. The molecule has 2 heterocycles. The minimum Gasteiger partial charge on any atom is -0.489 e. The average Bonchev–Trinajstić information content (AvgIpc) is 2.44. The standard InChI is InChI=1S/C17H19NO4/c1-7-6-22-16-10(4)8(2)9(3)12-14(16)18(7)11(5)13(15(12)19)17(20)21/h7H,6H2,1-5H3,(H,20,21)/t7-/m0/s1. The van der Waals surface area contributed by atoms with Gasteiger partial charge in [-0.25, -0.2) is 4.79 Å². The third-order valence-electron chi connectivity index (χ3n) is 4.83. The molecule has 0 bridgehead atoms. The first kappa shape index (κ1) is 14.6. The zero-order valence-corrected chi connectivity index (χ0v) is 13.4. The molecule has 1 aromatic carbocycles. The Morgan fingerprint density at radius 3 is 2.41 bits per heavy atom. The van der Waals surface area contributed by atoms with Crippen molar-refractivity contribution in [3.05, 3.63) is 38.2 Å². The monoisotopic (exact) mass is 301 g/mol. The highest BCUT2D eigenvalue weighted by Gasteiger charge is 2.29. The first-order valence-electron chi connectivity index (χ1n) is 7.32. The van der Waals surface area contributed by atoms with Crippen LogP contribution >= 0.6 is 0 Å². The lowest BCUT2D eigenvalue weighted by Gasteiger charge is -2.31. The molecule has 5 nitrogen and oxygen atoms in total. The van der Waals surface area contributed by atoms with E-state index in [0.29, 0.717) is 23.4 Å². The number of carboxylic acid groups (broad SMARTS) is 1. The topological polar surface area (TPSA) is 68.5 Å². The second-order valence-corrected chi connectivity index (χ2v) is 6.05. The first-order valence-corrected chi connectivity index (χ1v) is 7.32. The van der Waals surface area contributed by atoms with Gasteiger partial charge in [-0.3, -0.25) is 4.79 Å². The molecule has 1 N–H and O–H groups in total. The number of pyridine rings is 1. The van der Waals surface area contributed by atoms with Crippen LogP contribution in [0.25, 0.3) is 10.9 Å². The summed E-state index contributed by atoms with van der Waals surface area (Å²) in [4.78, 5) is 24.4. The Hall–Kier alpha value is -2.30. The minimum atomic E-state index is -1.17. The van der Waals surface area contributed by atoms with Gasteiger partial charge < -0.3 is 14.4 Å². The lowest BCUT2D eigenvalue weighted by atomic mass is 9.94. The number of rotatable bonds is 1. The summed E-state index contributed by atoms with van der Waals surface area (Å²) < 4.78 is 7.82. The molecule has 1 atom stereocenters. The minimum absolute atomic E-state index is 0.0183. The Bertz CT molecular complexity index is 892. The number of aromatic carboxylic acids is 1. The Balaban J connectivity index is 2.71. The highest BCUT2D eigenvalue weighted by atomic mass is 16.5. The number of nitrogens with zero attached hydrogens (tertiary/aromatic N) is 1. The first-order chi connectivity index (χ1) is 10.3. The maximum Gasteiger partial charge on any atom is 0.341 e. The summed E-state index contributed by atoms with van der Waals surface area (Å²) in [6, 6.07) is -0.0183. The summed E-state index contributed by atoms with van der Waals surface area (Å²) >= 11 is 0. The van der Waals surface area contributed by atoms with Crippen LogP contribution in [0.1, 0.15) is 45.7 Å². The maximum atomic E-state index is 12.8. The van der Waals surface area contributed by atoms with Crippen LogP contribution in [0.5, 0.6) is 5.75 Å². The number of carboxylic acids is 1. The van der Waals surface area contributed by atoms with Crippen molar-refractivity contribution in [2.75, 3.05) is 6.61 Å². The molecule has 1 aliphatic heterocycles. The van der Waals surface area contributed by atoms with Crippen LogP contribution in [0.4, 0.5) is 0 Å². The molecule has 116 valence electrons. The van der Waals surface area contributed by atoms with Crippen molar-refractivity contribution in [1.82, 2.24) is 4.57 Å². The van der Waals surface area contributed by atoms with E-state index in [1.54, 1.807) is 6.92 Å². The van der Waals surface area contributed by atoms with Gasteiger partial charge in [0.1, 0.15) is 17.9 Å². The molecular weight excluding hydrogens is 282 g/mol. The van der Waals surface area contributed by atoms with Crippen molar-refractivity contribution in [3.63, 3.8) is 0 Å². The van der Waals surface area contributed by atoms with Crippen LogP contribution in [-0.2, 0) is 0 Å². The van der Waals surface area contributed by atoms with Gasteiger partial charge in [-0.2, -0.15) is 0 Å². The fraction of sp³-hybridized carbons (Fsp3) is 0.412. The van der Waals surface area contributed by atoms with E-state index in [4.69, 9.17) is 4.74 Å². The van der Waals surface area contributed by atoms with Crippen molar-refractivity contribution >= 4 is 16.9 Å². The molecule has 0 saturated carbocycles. The van der Waals surface area contributed by atoms with Gasteiger partial charge in [-0.15, -0.1) is 0 Å². The van der Waals surface area contributed by atoms with Crippen molar-refractivity contribution < 1.29 is 14.6 Å². The summed E-state index contributed by atoms with van der Waals surface area (Å²) in [5.41, 5.74) is 3.47. The van der Waals surface area contributed by atoms with E-state index in [1.165, 1.54) is 0 Å². The van der Waals surface area contributed by atoms with Gasteiger partial charge >= 0.3 is 5.97 Å². The average molecular weight is 301 g/mol. The Morgan fingerprint density at radius 2 is 1.82 bits per heavy atom. The molecule has 0 amide bonds. The largest absolute Gasteiger partial charge is 0.489 e. The molecule has 0 unspecified atom stereocenters. The van der Waals surface area contributed by atoms with Crippen molar-refractivity contribution in [2.45, 2.75) is 40.7 Å². The number of hydrogen-bond donors (Lipinski definition) is 1. The Morgan fingerprint density at radius 1 is 1.18 bits per heavy atom. The Kier molecular flexibility index (Phi) is 3.06. The van der Waals surface area contributed by atoms with Crippen molar-refractivity contribution in [3.8, 4) is 5.75 Å². The fourth-order valence-electron chi connectivity index (χ4n) is 3.45. The van der Waals surface area contributed by atoms with E-state index in [0.717, 1.165) is 22.2 Å². The molecule has 0 saturated heterocycles. The van der Waals surface area contributed by atoms with Gasteiger partial charge in [0.2, 0.25) is 5.43 Å². The number of hydrogen-bond acceptors (Lipinski definition) is 3. The van der Waals surface area contributed by atoms with E-state index >= 15 is 0 Å². The molecule has 3 rings (SSSR count). The predicted octanol–water partition coefficient (Wildman–Crippen LogP) is 2.89. The van der Waals surface area contributed by atoms with Crippen LogP contribution in [0, 0.1) is 27.7 Å². The number of aryl methyl sites for hydroxylation is 1. The number of aromatic nitrogens is 1. The highest BCUT2D eigenvalue weighted by molar-refractivity contribution is 5.98. The summed E-state index contributed by atoms with van der Waals surface area (Å²) in [5.74, 6) is -0.473. The van der Waals surface area contributed by atoms with Crippen LogP contribution in [0.15, 0.2) is 4.79 Å². The number of carbonyl (C=O) groups is 1. The molecule has 22 heavy (non-hydrogen) atoms. The molecular formula is C17H19NO4. The third kappa shape index (κ3) is 1.65. The van der Waals surface area contributed by atoms with Crippen LogP contribution in [0.3, 0.4) is 0 Å². The summed E-state index contributed by atoms with van der Waals surface area (Å²) in [6.07, 6.45) is 0. The molecule has 1 aliphatic rings. The molecule has 2 aromatic rings. The van der Waals surface area contributed by atoms with E-state index in [2.05, 4.69) is 0 Å². The second kappa shape index (κ2) is 4.60. The quantitative estimate of drug-likeness (QED) is 0.879. The van der Waals surface area contributed by atoms with Crippen molar-refractivity contribution in [1.29, 1.82) is 0 Å². The third-order valence-corrected chi connectivity index (χ3v) is 4.83. The van der Waals surface area contributed by atoms with E-state index < -0.39 is 11.4 Å². The van der Waals surface area contributed by atoms with Gasteiger partial charge in [0.25, 0.3) is 0 Å². The lowest BCUT2D eigenvalue weighted by Crippen LogP contribution is -2.30. The smallest absolute Gasteiger partial charge is 0.341 e. The highest BCUT2D eigenvalue weighted by Crippen LogP contribution is 2.39. The molecule has 0 fully saturated rings. The lowest BCUT2D eigenvalue weighted by molar-refractivity contribution is 0.0693. The van der Waals surface area contributed by atoms with E-state index in [-0.39, 0.29) is 11.6 Å². The van der Waals surface area contributed by atoms with E-state index in [9.17, 15) is 14.7 Å². The van der Waals surface area contributed by atoms with Gasteiger partial charge in [-0.1, -0.05) is 0 Å². The second-order valence-electron chi connectivity index (χ2n) is 6.05. The van der Waals surface area contributed by atoms with Gasteiger partial charge in [0.05, 0.1) is 16.9 Å². The molecule has 0 aliphatic carbocycles. The summed E-state index contributed by atoms with van der Waals surface area (Å²) in [5, 5.41) is 9.94. The SMILES string of the molecule is Cc1c(C)c2c3c(c1C)c(=O)c(C(=O)O)c(C)n3[C@@H](C)CO2. The van der Waals surface area contributed by atoms with Gasteiger partial charge in [0.15, 0.2) is 0 Å². The van der Waals surface area contributed by atoms with Gasteiger partial charge in [0, 0.05) is 5.69 Å². The van der Waals surface area contributed by atoms with E-state index in [1.807, 2.05) is 32.3 Å². The Labute approximate surface area is 128 Å². The van der Waals surface area contributed by atoms with Crippen LogP contribution in [-0.4, -0.2) is 22.2 Å². The molecule has 0 radical (unpaired) electrons. The molecule has 0 spiro atoms. The summed E-state index contributed by atoms with van der Waals surface area (Å²) in [6.45, 7) is 9.91. The predicted molar refractivity (Wildman–Crippen MR) is 84.3 cm³/mol. The summed E-state index contributed by atoms with van der Waals surface area (Å²) in [7, 11) is 0.